The molecule has 2 unspecified atom stereocenters. The number of rotatable bonds is 7. The van der Waals surface area contributed by atoms with Gasteiger partial charge in [0.15, 0.2) is 0 Å². The highest BCUT2D eigenvalue weighted by Gasteiger charge is 2.37. The van der Waals surface area contributed by atoms with Crippen molar-refractivity contribution in [2.24, 2.45) is 0 Å². The summed E-state index contributed by atoms with van der Waals surface area (Å²) < 4.78 is 6.01. The molecule has 1 fully saturated rings. The second-order valence-electron chi connectivity index (χ2n) is 5.44. The van der Waals surface area contributed by atoms with Crippen LogP contribution in [-0.2, 0) is 11.2 Å². The van der Waals surface area contributed by atoms with Crippen LogP contribution < -0.4 is 5.32 Å². The Morgan fingerprint density at radius 1 is 1.56 bits per heavy atom. The predicted molar refractivity (Wildman–Crippen MR) is 78.3 cm³/mol. The minimum atomic E-state index is 0.0468. The van der Waals surface area contributed by atoms with Gasteiger partial charge < -0.3 is 10.1 Å². The van der Waals surface area contributed by atoms with Crippen LogP contribution >= 0.6 is 11.3 Å². The Morgan fingerprint density at radius 3 is 3.06 bits per heavy atom. The Morgan fingerprint density at radius 2 is 2.44 bits per heavy atom. The predicted octanol–water partition coefficient (Wildman–Crippen LogP) is 3.62. The van der Waals surface area contributed by atoms with Crippen LogP contribution in [0, 0.1) is 0 Å². The van der Waals surface area contributed by atoms with E-state index in [0.29, 0.717) is 6.04 Å². The van der Waals surface area contributed by atoms with E-state index in [-0.39, 0.29) is 5.60 Å². The van der Waals surface area contributed by atoms with Crippen LogP contribution in [0.15, 0.2) is 16.8 Å². The third-order valence-corrected chi connectivity index (χ3v) is 4.66. The Bertz CT molecular complexity index is 330. The molecule has 2 rings (SSSR count). The second kappa shape index (κ2) is 6.69. The molecule has 0 aromatic carbocycles. The van der Waals surface area contributed by atoms with Crippen molar-refractivity contribution in [1.82, 2.24) is 5.32 Å². The van der Waals surface area contributed by atoms with Gasteiger partial charge in [0, 0.05) is 12.6 Å². The van der Waals surface area contributed by atoms with Crippen LogP contribution in [0.3, 0.4) is 0 Å². The molecule has 1 saturated heterocycles. The topological polar surface area (TPSA) is 21.3 Å². The van der Waals surface area contributed by atoms with Crippen molar-refractivity contribution in [3.8, 4) is 0 Å². The molecule has 0 saturated carbocycles. The molecule has 1 aliphatic heterocycles. The SMILES string of the molecule is CCCNC(CCc1ccsc1)C1(C)CCCO1. The van der Waals surface area contributed by atoms with Gasteiger partial charge in [0.05, 0.1) is 5.60 Å². The molecular weight excluding hydrogens is 242 g/mol. The fraction of sp³-hybridized carbons (Fsp3) is 0.733. The fourth-order valence-electron chi connectivity index (χ4n) is 2.76. The summed E-state index contributed by atoms with van der Waals surface area (Å²) >= 11 is 1.79. The van der Waals surface area contributed by atoms with Crippen LogP contribution in [0.2, 0.25) is 0 Å². The zero-order chi connectivity index (χ0) is 12.8. The summed E-state index contributed by atoms with van der Waals surface area (Å²) in [7, 11) is 0. The molecule has 2 heterocycles. The molecule has 18 heavy (non-hydrogen) atoms. The van der Waals surface area contributed by atoms with Crippen molar-refractivity contribution < 1.29 is 4.74 Å². The third kappa shape index (κ3) is 3.56. The van der Waals surface area contributed by atoms with Gasteiger partial charge in [0.1, 0.15) is 0 Å². The summed E-state index contributed by atoms with van der Waals surface area (Å²) in [6, 6.07) is 2.72. The molecule has 102 valence electrons. The Balaban J connectivity index is 1.91. The molecule has 0 aliphatic carbocycles. The Labute approximate surface area is 115 Å². The van der Waals surface area contributed by atoms with Crippen LogP contribution in [0.25, 0.3) is 0 Å². The summed E-state index contributed by atoms with van der Waals surface area (Å²) in [4.78, 5) is 0. The number of ether oxygens (including phenoxy) is 1. The van der Waals surface area contributed by atoms with Gasteiger partial charge in [-0.3, -0.25) is 0 Å². The van der Waals surface area contributed by atoms with E-state index in [1.165, 1.54) is 31.2 Å². The van der Waals surface area contributed by atoms with Gasteiger partial charge in [-0.05, 0) is 68.0 Å². The average Bonchev–Trinajstić information content (AvgIpc) is 3.01. The highest BCUT2D eigenvalue weighted by Crippen LogP contribution is 2.31. The van der Waals surface area contributed by atoms with Gasteiger partial charge in [-0.25, -0.2) is 0 Å². The highest BCUT2D eigenvalue weighted by molar-refractivity contribution is 7.07. The van der Waals surface area contributed by atoms with Crippen LogP contribution in [0.1, 0.15) is 45.1 Å². The number of hydrogen-bond donors (Lipinski definition) is 1. The summed E-state index contributed by atoms with van der Waals surface area (Å²) in [5.74, 6) is 0. The molecule has 0 radical (unpaired) electrons. The molecular formula is C15H25NOS. The van der Waals surface area contributed by atoms with Gasteiger partial charge >= 0.3 is 0 Å². The zero-order valence-corrected chi connectivity index (χ0v) is 12.4. The lowest BCUT2D eigenvalue weighted by molar-refractivity contribution is -0.0136. The summed E-state index contributed by atoms with van der Waals surface area (Å²) in [6.07, 6.45) is 5.92. The lowest BCUT2D eigenvalue weighted by atomic mass is 9.89. The fourth-order valence-corrected chi connectivity index (χ4v) is 3.47. The number of thiophene rings is 1. The van der Waals surface area contributed by atoms with Crippen LogP contribution in [-0.4, -0.2) is 24.8 Å². The summed E-state index contributed by atoms with van der Waals surface area (Å²) in [5.41, 5.74) is 1.51. The molecule has 1 N–H and O–H groups in total. The van der Waals surface area contributed by atoms with Gasteiger partial charge in [-0.15, -0.1) is 0 Å². The molecule has 0 amide bonds. The van der Waals surface area contributed by atoms with Crippen molar-refractivity contribution in [2.45, 2.75) is 57.6 Å². The monoisotopic (exact) mass is 267 g/mol. The molecule has 1 aromatic heterocycles. The van der Waals surface area contributed by atoms with Gasteiger partial charge in [-0.2, -0.15) is 11.3 Å². The minimum absolute atomic E-state index is 0.0468. The zero-order valence-electron chi connectivity index (χ0n) is 11.6. The smallest absolute Gasteiger partial charge is 0.0807 e. The molecule has 2 atom stereocenters. The first-order chi connectivity index (χ1) is 8.74. The number of nitrogens with one attached hydrogen (secondary N) is 1. The van der Waals surface area contributed by atoms with Crippen molar-refractivity contribution >= 4 is 11.3 Å². The van der Waals surface area contributed by atoms with Crippen molar-refractivity contribution in [3.05, 3.63) is 22.4 Å². The molecule has 1 aliphatic rings. The Hall–Kier alpha value is -0.380. The van der Waals surface area contributed by atoms with Gasteiger partial charge in [-0.1, -0.05) is 6.92 Å². The summed E-state index contributed by atoms with van der Waals surface area (Å²) in [6.45, 7) is 6.52. The first kappa shape index (κ1) is 14.0. The molecule has 0 bridgehead atoms. The molecule has 3 heteroatoms. The molecule has 0 spiro atoms. The number of aryl methyl sites for hydroxylation is 1. The Kier molecular flexibility index (Phi) is 5.22. The first-order valence-corrected chi connectivity index (χ1v) is 8.07. The van der Waals surface area contributed by atoms with E-state index in [2.05, 4.69) is 36.0 Å². The quantitative estimate of drug-likeness (QED) is 0.814. The standard InChI is InChI=1S/C15H25NOS/c1-3-9-16-14(15(2)8-4-10-17-15)6-5-13-7-11-18-12-13/h7,11-12,14,16H,3-6,8-10H2,1-2H3. The van der Waals surface area contributed by atoms with Crippen LogP contribution in [0.4, 0.5) is 0 Å². The summed E-state index contributed by atoms with van der Waals surface area (Å²) in [5, 5.41) is 8.12. The largest absolute Gasteiger partial charge is 0.374 e. The van der Waals surface area contributed by atoms with Crippen molar-refractivity contribution in [1.29, 1.82) is 0 Å². The first-order valence-electron chi connectivity index (χ1n) is 7.13. The van der Waals surface area contributed by atoms with Gasteiger partial charge in [0.25, 0.3) is 0 Å². The van der Waals surface area contributed by atoms with E-state index < -0.39 is 0 Å². The maximum absolute atomic E-state index is 6.01. The second-order valence-corrected chi connectivity index (χ2v) is 6.22. The lowest BCUT2D eigenvalue weighted by Gasteiger charge is -2.34. The van der Waals surface area contributed by atoms with E-state index in [4.69, 9.17) is 4.74 Å². The van der Waals surface area contributed by atoms with E-state index >= 15 is 0 Å². The van der Waals surface area contributed by atoms with Crippen LogP contribution in [0.5, 0.6) is 0 Å². The molecule has 2 nitrogen and oxygen atoms in total. The van der Waals surface area contributed by atoms with Crippen molar-refractivity contribution in [2.75, 3.05) is 13.2 Å². The minimum Gasteiger partial charge on any atom is -0.374 e. The maximum Gasteiger partial charge on any atom is 0.0807 e. The number of hydrogen-bond acceptors (Lipinski definition) is 3. The maximum atomic E-state index is 6.01. The average molecular weight is 267 g/mol. The molecule has 1 aromatic rings. The third-order valence-electron chi connectivity index (χ3n) is 3.93. The lowest BCUT2D eigenvalue weighted by Crippen LogP contribution is -2.49. The highest BCUT2D eigenvalue weighted by atomic mass is 32.1. The van der Waals surface area contributed by atoms with Gasteiger partial charge in [0.2, 0.25) is 0 Å². The van der Waals surface area contributed by atoms with E-state index in [0.717, 1.165) is 19.6 Å². The van der Waals surface area contributed by atoms with E-state index in [1.54, 1.807) is 11.3 Å². The van der Waals surface area contributed by atoms with E-state index in [1.807, 2.05) is 0 Å². The normalized spacial score (nSPS) is 25.4. The van der Waals surface area contributed by atoms with E-state index in [9.17, 15) is 0 Å². The van der Waals surface area contributed by atoms with Crippen molar-refractivity contribution in [3.63, 3.8) is 0 Å².